The maximum atomic E-state index is 12.9. The highest BCUT2D eigenvalue weighted by molar-refractivity contribution is 5.71. The Kier molecular flexibility index (Phi) is 59.6. The van der Waals surface area contributed by atoms with Gasteiger partial charge in [0.25, 0.3) is 0 Å². The van der Waals surface area contributed by atoms with Gasteiger partial charge in [-0.25, -0.2) is 0 Å². The molecule has 1 unspecified atom stereocenters. The van der Waals surface area contributed by atoms with Gasteiger partial charge >= 0.3 is 17.9 Å². The number of hydrogen-bond acceptors (Lipinski definition) is 6. The van der Waals surface area contributed by atoms with Crippen molar-refractivity contribution in [1.82, 2.24) is 0 Å². The number of unbranched alkanes of at least 4 members (excludes halogenated alkanes) is 50. The molecule has 6 heteroatoms. The standard InChI is InChI=1S/C65H126O6/c1-4-7-10-13-16-19-22-24-26-28-29-30-31-32-33-34-35-36-38-39-41-43-46-49-52-55-58-64(67)70-61-62(60-69-63(66)57-54-51-48-45-21-18-15-12-9-6-3)71-65(68)59-56-53-50-47-44-42-40-37-27-25-23-20-17-14-11-8-5-2/h62H,4-61H2,1-3H3. The molecule has 0 fully saturated rings. The van der Waals surface area contributed by atoms with E-state index in [0.29, 0.717) is 19.3 Å². The molecule has 0 saturated heterocycles. The fraction of sp³-hybridized carbons (Fsp3) is 0.954. The molecule has 0 heterocycles. The number of carbonyl (C=O) groups excluding carboxylic acids is 3. The van der Waals surface area contributed by atoms with Gasteiger partial charge in [0, 0.05) is 19.3 Å². The second-order valence-electron chi connectivity index (χ2n) is 22.4. The SMILES string of the molecule is CCCCCCCCCCCCCCCCCCCCCCCCCCCCC(=O)OCC(COC(=O)CCCCCCCCCCCC)OC(=O)CCCCCCCCCCCCCCCCCCC. The molecule has 0 aliphatic rings. The van der Waals surface area contributed by atoms with Gasteiger partial charge in [-0.3, -0.25) is 14.4 Å². The van der Waals surface area contributed by atoms with Crippen molar-refractivity contribution in [3.8, 4) is 0 Å². The first kappa shape index (κ1) is 69.4. The highest BCUT2D eigenvalue weighted by Crippen LogP contribution is 2.19. The predicted octanol–water partition coefficient (Wildman–Crippen LogP) is 21.9. The van der Waals surface area contributed by atoms with Crippen LogP contribution < -0.4 is 0 Å². The number of ether oxygens (including phenoxy) is 3. The molecule has 0 aromatic heterocycles. The summed E-state index contributed by atoms with van der Waals surface area (Å²) in [5, 5.41) is 0. The molecule has 422 valence electrons. The summed E-state index contributed by atoms with van der Waals surface area (Å²) in [6, 6.07) is 0. The van der Waals surface area contributed by atoms with Crippen molar-refractivity contribution in [2.75, 3.05) is 13.2 Å². The number of hydrogen-bond donors (Lipinski definition) is 0. The largest absolute Gasteiger partial charge is 0.462 e. The van der Waals surface area contributed by atoms with Gasteiger partial charge in [-0.05, 0) is 19.3 Å². The van der Waals surface area contributed by atoms with Crippen molar-refractivity contribution in [3.63, 3.8) is 0 Å². The van der Waals surface area contributed by atoms with Crippen LogP contribution >= 0.6 is 0 Å². The third kappa shape index (κ3) is 59.2. The van der Waals surface area contributed by atoms with Gasteiger partial charge in [0.05, 0.1) is 0 Å². The van der Waals surface area contributed by atoms with Crippen LogP contribution in [0, 0.1) is 0 Å². The zero-order valence-corrected chi connectivity index (χ0v) is 48.5. The van der Waals surface area contributed by atoms with E-state index in [1.54, 1.807) is 0 Å². The van der Waals surface area contributed by atoms with Gasteiger partial charge < -0.3 is 14.2 Å². The van der Waals surface area contributed by atoms with E-state index in [2.05, 4.69) is 20.8 Å². The first-order valence-corrected chi connectivity index (χ1v) is 32.5. The van der Waals surface area contributed by atoms with Crippen LogP contribution in [0.5, 0.6) is 0 Å². The van der Waals surface area contributed by atoms with Crippen molar-refractivity contribution < 1.29 is 28.6 Å². The lowest BCUT2D eigenvalue weighted by atomic mass is 10.0. The summed E-state index contributed by atoms with van der Waals surface area (Å²) in [5.41, 5.74) is 0. The molecule has 71 heavy (non-hydrogen) atoms. The van der Waals surface area contributed by atoms with Crippen LogP contribution in [0.2, 0.25) is 0 Å². The molecule has 0 amide bonds. The molecule has 6 nitrogen and oxygen atoms in total. The van der Waals surface area contributed by atoms with Crippen molar-refractivity contribution in [2.24, 2.45) is 0 Å². The Morgan fingerprint density at radius 3 is 0.563 bits per heavy atom. The molecule has 0 bridgehead atoms. The summed E-state index contributed by atoms with van der Waals surface area (Å²) < 4.78 is 16.9. The maximum Gasteiger partial charge on any atom is 0.306 e. The van der Waals surface area contributed by atoms with E-state index in [1.807, 2.05) is 0 Å². The van der Waals surface area contributed by atoms with Crippen LogP contribution in [0.3, 0.4) is 0 Å². The number of carbonyl (C=O) groups is 3. The highest BCUT2D eigenvalue weighted by atomic mass is 16.6. The van der Waals surface area contributed by atoms with E-state index in [1.165, 1.54) is 283 Å². The zero-order valence-electron chi connectivity index (χ0n) is 48.5. The van der Waals surface area contributed by atoms with Crippen LogP contribution in [0.4, 0.5) is 0 Å². The van der Waals surface area contributed by atoms with E-state index in [4.69, 9.17) is 14.2 Å². The molecule has 0 radical (unpaired) electrons. The summed E-state index contributed by atoms with van der Waals surface area (Å²) in [5.74, 6) is -0.830. The molecule has 0 aliphatic heterocycles. The molecule has 1 atom stereocenters. The molecule has 0 aliphatic carbocycles. The van der Waals surface area contributed by atoms with Crippen LogP contribution in [-0.2, 0) is 28.6 Å². The zero-order chi connectivity index (χ0) is 51.4. The number of esters is 3. The van der Waals surface area contributed by atoms with Gasteiger partial charge in [0.15, 0.2) is 6.10 Å². The second kappa shape index (κ2) is 61.0. The van der Waals surface area contributed by atoms with Gasteiger partial charge in [-0.2, -0.15) is 0 Å². The van der Waals surface area contributed by atoms with Crippen LogP contribution in [0.1, 0.15) is 380 Å². The lowest BCUT2D eigenvalue weighted by Gasteiger charge is -2.18. The van der Waals surface area contributed by atoms with E-state index >= 15 is 0 Å². The minimum atomic E-state index is -0.761. The third-order valence-electron chi connectivity index (χ3n) is 15.1. The molecular formula is C65H126O6. The Bertz CT molecular complexity index is 1060. The Hall–Kier alpha value is -1.59. The molecule has 0 aromatic rings. The average Bonchev–Trinajstić information content (AvgIpc) is 3.37. The fourth-order valence-electron chi connectivity index (χ4n) is 10.2. The Balaban J connectivity index is 4.11. The highest BCUT2D eigenvalue weighted by Gasteiger charge is 2.19. The molecule has 0 N–H and O–H groups in total. The van der Waals surface area contributed by atoms with Crippen molar-refractivity contribution in [3.05, 3.63) is 0 Å². The summed E-state index contributed by atoms with van der Waals surface area (Å²) in [6.45, 7) is 6.71. The molecule has 0 aromatic carbocycles. The molecule has 0 rings (SSSR count). The smallest absolute Gasteiger partial charge is 0.306 e. The maximum absolute atomic E-state index is 12.9. The van der Waals surface area contributed by atoms with Crippen molar-refractivity contribution in [2.45, 2.75) is 386 Å². The van der Waals surface area contributed by atoms with E-state index in [9.17, 15) is 14.4 Å². The van der Waals surface area contributed by atoms with Crippen molar-refractivity contribution >= 4 is 17.9 Å². The topological polar surface area (TPSA) is 78.9 Å². The van der Waals surface area contributed by atoms with Gasteiger partial charge in [0.2, 0.25) is 0 Å². The monoisotopic (exact) mass is 1000 g/mol. The first-order valence-electron chi connectivity index (χ1n) is 32.5. The molecule has 0 spiro atoms. The molecular weight excluding hydrogens is 877 g/mol. The second-order valence-corrected chi connectivity index (χ2v) is 22.4. The Labute approximate surface area is 444 Å². The van der Waals surface area contributed by atoms with Crippen LogP contribution in [-0.4, -0.2) is 37.2 Å². The summed E-state index contributed by atoms with van der Waals surface area (Å²) in [7, 11) is 0. The van der Waals surface area contributed by atoms with Crippen LogP contribution in [0.15, 0.2) is 0 Å². The molecule has 0 saturated carbocycles. The van der Waals surface area contributed by atoms with Gasteiger partial charge in [0.1, 0.15) is 13.2 Å². The van der Waals surface area contributed by atoms with Gasteiger partial charge in [-0.1, -0.05) is 342 Å². The minimum absolute atomic E-state index is 0.0609. The van der Waals surface area contributed by atoms with Crippen molar-refractivity contribution in [1.29, 1.82) is 0 Å². The van der Waals surface area contributed by atoms with E-state index < -0.39 is 6.10 Å². The Morgan fingerprint density at radius 2 is 0.380 bits per heavy atom. The van der Waals surface area contributed by atoms with E-state index in [-0.39, 0.29) is 31.1 Å². The Morgan fingerprint density at radius 1 is 0.225 bits per heavy atom. The van der Waals surface area contributed by atoms with Crippen LogP contribution in [0.25, 0.3) is 0 Å². The normalized spacial score (nSPS) is 11.9. The lowest BCUT2D eigenvalue weighted by molar-refractivity contribution is -0.167. The predicted molar refractivity (Wildman–Crippen MR) is 307 cm³/mol. The van der Waals surface area contributed by atoms with E-state index in [0.717, 1.165) is 57.8 Å². The van der Waals surface area contributed by atoms with Gasteiger partial charge in [-0.15, -0.1) is 0 Å². The third-order valence-corrected chi connectivity index (χ3v) is 15.1. The average molecular weight is 1000 g/mol. The summed E-state index contributed by atoms with van der Waals surface area (Å²) >= 11 is 0. The minimum Gasteiger partial charge on any atom is -0.462 e. The fourth-order valence-corrected chi connectivity index (χ4v) is 10.2. The number of rotatable bonds is 61. The lowest BCUT2D eigenvalue weighted by Crippen LogP contribution is -2.30. The summed E-state index contributed by atoms with van der Waals surface area (Å²) in [6.07, 6.45) is 69.9. The quantitative estimate of drug-likeness (QED) is 0.0343. The summed E-state index contributed by atoms with van der Waals surface area (Å²) in [4.78, 5) is 38.2. The first-order chi connectivity index (χ1) is 35.0.